The summed E-state index contributed by atoms with van der Waals surface area (Å²) in [5, 5.41) is 0. The molecular formula is C13H22BrN3O3S. The smallest absolute Gasteiger partial charge is 0.247 e. The lowest BCUT2D eigenvalue weighted by Crippen LogP contribution is -2.43. The molecule has 1 unspecified atom stereocenters. The molecule has 0 spiro atoms. The van der Waals surface area contributed by atoms with E-state index in [-0.39, 0.29) is 22.2 Å². The van der Waals surface area contributed by atoms with Crippen LogP contribution in [0.3, 0.4) is 0 Å². The molecule has 2 N–H and O–H groups in total. The van der Waals surface area contributed by atoms with Crippen molar-refractivity contribution in [1.82, 2.24) is 9.21 Å². The molecule has 8 heteroatoms. The summed E-state index contributed by atoms with van der Waals surface area (Å²) in [5.74, 6) is 0.459. The first-order chi connectivity index (χ1) is 9.90. The second-order valence-corrected chi connectivity index (χ2v) is 7.93. The minimum absolute atomic E-state index is 0.0226. The van der Waals surface area contributed by atoms with E-state index in [9.17, 15) is 8.42 Å². The van der Waals surface area contributed by atoms with Crippen molar-refractivity contribution in [3.8, 4) is 0 Å². The van der Waals surface area contributed by atoms with Gasteiger partial charge in [-0.05, 0) is 42.4 Å². The van der Waals surface area contributed by atoms with Gasteiger partial charge in [-0.3, -0.25) is 0 Å². The minimum atomic E-state index is -3.58. The summed E-state index contributed by atoms with van der Waals surface area (Å²) in [6.07, 6.45) is 1.61. The second kappa shape index (κ2) is 6.78. The van der Waals surface area contributed by atoms with Crippen LogP contribution in [0.5, 0.6) is 0 Å². The Morgan fingerprint density at radius 2 is 2.19 bits per heavy atom. The van der Waals surface area contributed by atoms with Crippen molar-refractivity contribution in [3.05, 3.63) is 16.5 Å². The number of hydrogen-bond acceptors (Lipinski definition) is 5. The van der Waals surface area contributed by atoms with E-state index in [0.29, 0.717) is 12.3 Å². The summed E-state index contributed by atoms with van der Waals surface area (Å²) >= 11 is 3.20. The predicted molar refractivity (Wildman–Crippen MR) is 84.4 cm³/mol. The zero-order chi connectivity index (χ0) is 15.6. The van der Waals surface area contributed by atoms with E-state index in [1.807, 2.05) is 14.0 Å². The van der Waals surface area contributed by atoms with Crippen molar-refractivity contribution in [2.75, 3.05) is 26.7 Å². The molecular weight excluding hydrogens is 358 g/mol. The Labute approximate surface area is 134 Å². The van der Waals surface area contributed by atoms with Gasteiger partial charge in [-0.25, -0.2) is 8.42 Å². The van der Waals surface area contributed by atoms with Crippen LogP contribution in [-0.2, 0) is 16.6 Å². The van der Waals surface area contributed by atoms with Gasteiger partial charge in [0.1, 0.15) is 10.7 Å². The number of hydrogen-bond donors (Lipinski definition) is 1. The standard InChI is InChI=1S/C13H22BrN3O3S/c1-3-10-9-16(2)5-4-6-17(10)21(18,19)12-7-11(8-15)20-13(12)14/h7,10H,3-6,8-9,15H2,1-2H3. The Kier molecular flexibility index (Phi) is 5.48. The van der Waals surface area contributed by atoms with Gasteiger partial charge in [0.2, 0.25) is 10.0 Å². The van der Waals surface area contributed by atoms with Crippen LogP contribution in [0.4, 0.5) is 0 Å². The molecule has 0 amide bonds. The SMILES string of the molecule is CCC1CN(C)CCCN1S(=O)(=O)c1cc(CN)oc1Br. The van der Waals surface area contributed by atoms with Crippen LogP contribution in [-0.4, -0.2) is 50.3 Å². The lowest BCUT2D eigenvalue weighted by atomic mass is 10.2. The normalized spacial score (nSPS) is 22.4. The molecule has 1 fully saturated rings. The fraction of sp³-hybridized carbons (Fsp3) is 0.692. The van der Waals surface area contributed by atoms with E-state index < -0.39 is 10.0 Å². The summed E-state index contributed by atoms with van der Waals surface area (Å²) in [4.78, 5) is 2.35. The molecule has 0 radical (unpaired) electrons. The third-order valence-corrected chi connectivity index (χ3v) is 6.62. The fourth-order valence-electron chi connectivity index (χ4n) is 2.67. The third-order valence-electron chi connectivity index (χ3n) is 3.81. The molecule has 2 heterocycles. The van der Waals surface area contributed by atoms with Crippen molar-refractivity contribution in [1.29, 1.82) is 0 Å². The van der Waals surface area contributed by atoms with Gasteiger partial charge in [0.15, 0.2) is 4.67 Å². The molecule has 21 heavy (non-hydrogen) atoms. The Hall–Kier alpha value is -0.410. The van der Waals surface area contributed by atoms with Crippen LogP contribution in [0.15, 0.2) is 20.0 Å². The van der Waals surface area contributed by atoms with Gasteiger partial charge in [-0.15, -0.1) is 0 Å². The number of sulfonamides is 1. The summed E-state index contributed by atoms with van der Waals surface area (Å²) in [5.41, 5.74) is 5.52. The summed E-state index contributed by atoms with van der Waals surface area (Å²) in [7, 11) is -1.55. The number of furan rings is 1. The summed E-state index contributed by atoms with van der Waals surface area (Å²) < 4.78 is 33.1. The molecule has 120 valence electrons. The van der Waals surface area contributed by atoms with Crippen molar-refractivity contribution < 1.29 is 12.8 Å². The molecule has 0 bridgehead atoms. The highest BCUT2D eigenvalue weighted by atomic mass is 79.9. The van der Waals surface area contributed by atoms with Gasteiger partial charge in [0.25, 0.3) is 0 Å². The second-order valence-electron chi connectivity index (χ2n) is 5.35. The number of nitrogens with two attached hydrogens (primary N) is 1. The van der Waals surface area contributed by atoms with Crippen LogP contribution in [0.25, 0.3) is 0 Å². The predicted octanol–water partition coefficient (Wildman–Crippen LogP) is 1.61. The molecule has 6 nitrogen and oxygen atoms in total. The maximum absolute atomic E-state index is 12.9. The first kappa shape index (κ1) is 17.0. The van der Waals surface area contributed by atoms with Crippen LogP contribution in [0, 0.1) is 0 Å². The van der Waals surface area contributed by atoms with Crippen molar-refractivity contribution in [2.24, 2.45) is 5.73 Å². The molecule has 0 saturated carbocycles. The van der Waals surface area contributed by atoms with E-state index in [4.69, 9.17) is 10.2 Å². The maximum atomic E-state index is 12.9. The van der Waals surface area contributed by atoms with Gasteiger partial charge in [-0.2, -0.15) is 4.31 Å². The Morgan fingerprint density at radius 3 is 2.76 bits per heavy atom. The molecule has 2 rings (SSSR count). The van der Waals surface area contributed by atoms with Crippen molar-refractivity contribution in [3.63, 3.8) is 0 Å². The van der Waals surface area contributed by atoms with Gasteiger partial charge < -0.3 is 15.1 Å². The van der Waals surface area contributed by atoms with E-state index >= 15 is 0 Å². The Bertz CT molecular complexity index is 587. The highest BCUT2D eigenvalue weighted by Crippen LogP contribution is 2.31. The topological polar surface area (TPSA) is 79.8 Å². The number of halogens is 1. The molecule has 1 aliphatic rings. The molecule has 0 aromatic carbocycles. The van der Waals surface area contributed by atoms with Crippen LogP contribution >= 0.6 is 15.9 Å². The monoisotopic (exact) mass is 379 g/mol. The molecule has 1 saturated heterocycles. The maximum Gasteiger partial charge on any atom is 0.247 e. The Balaban J connectivity index is 2.38. The molecule has 1 aliphatic heterocycles. The molecule has 0 aliphatic carbocycles. The van der Waals surface area contributed by atoms with Crippen molar-refractivity contribution >= 4 is 26.0 Å². The zero-order valence-electron chi connectivity index (χ0n) is 12.4. The van der Waals surface area contributed by atoms with Gasteiger partial charge in [0.05, 0.1) is 6.54 Å². The molecule has 1 aromatic rings. The van der Waals surface area contributed by atoms with Crippen molar-refractivity contribution in [2.45, 2.75) is 37.2 Å². The number of nitrogens with zero attached hydrogens (tertiary/aromatic N) is 2. The van der Waals surface area contributed by atoms with E-state index in [2.05, 4.69) is 20.8 Å². The van der Waals surface area contributed by atoms with E-state index in [1.165, 1.54) is 6.07 Å². The van der Waals surface area contributed by atoms with Gasteiger partial charge in [0, 0.05) is 25.2 Å². The molecule has 1 atom stereocenters. The number of rotatable bonds is 4. The van der Waals surface area contributed by atoms with Crippen LogP contribution < -0.4 is 5.73 Å². The first-order valence-corrected chi connectivity index (χ1v) is 9.32. The fourth-order valence-corrected chi connectivity index (χ4v) is 5.36. The first-order valence-electron chi connectivity index (χ1n) is 7.08. The summed E-state index contributed by atoms with van der Waals surface area (Å²) in [6, 6.07) is 1.49. The zero-order valence-corrected chi connectivity index (χ0v) is 14.8. The molecule has 1 aromatic heterocycles. The quantitative estimate of drug-likeness (QED) is 0.859. The number of likely N-dealkylation sites (N-methyl/N-ethyl adjacent to an activating group) is 1. The van der Waals surface area contributed by atoms with Crippen LogP contribution in [0.2, 0.25) is 0 Å². The van der Waals surface area contributed by atoms with E-state index in [0.717, 1.165) is 25.9 Å². The van der Waals surface area contributed by atoms with Gasteiger partial charge >= 0.3 is 0 Å². The van der Waals surface area contributed by atoms with Gasteiger partial charge in [-0.1, -0.05) is 6.92 Å². The summed E-state index contributed by atoms with van der Waals surface area (Å²) in [6.45, 7) is 4.37. The minimum Gasteiger partial charge on any atom is -0.452 e. The Morgan fingerprint density at radius 1 is 1.48 bits per heavy atom. The highest BCUT2D eigenvalue weighted by molar-refractivity contribution is 9.10. The highest BCUT2D eigenvalue weighted by Gasteiger charge is 2.35. The lowest BCUT2D eigenvalue weighted by Gasteiger charge is -2.28. The van der Waals surface area contributed by atoms with E-state index in [1.54, 1.807) is 4.31 Å². The average molecular weight is 380 g/mol. The lowest BCUT2D eigenvalue weighted by molar-refractivity contribution is 0.270. The average Bonchev–Trinajstić information content (AvgIpc) is 2.71. The van der Waals surface area contributed by atoms with Crippen LogP contribution in [0.1, 0.15) is 25.5 Å². The third kappa shape index (κ3) is 3.50. The largest absolute Gasteiger partial charge is 0.452 e.